The molecule has 184 valence electrons. The van der Waals surface area contributed by atoms with Crippen LogP contribution in [-0.2, 0) is 7.05 Å². The second-order valence-electron chi connectivity index (χ2n) is 9.64. The second-order valence-corrected chi connectivity index (χ2v) is 9.64. The Morgan fingerprint density at radius 3 is 2.60 bits per heavy atom. The van der Waals surface area contributed by atoms with Gasteiger partial charge in [-0.25, -0.2) is 14.2 Å². The Hall–Kier alpha value is -3.26. The van der Waals surface area contributed by atoms with E-state index < -0.39 is 0 Å². The molecule has 1 aliphatic heterocycles. The van der Waals surface area contributed by atoms with E-state index in [0.29, 0.717) is 29.1 Å². The Morgan fingerprint density at radius 1 is 1.09 bits per heavy atom. The monoisotopic (exact) mass is 476 g/mol. The molecule has 0 saturated carbocycles. The molecule has 1 fully saturated rings. The minimum atomic E-state index is -0.379. The maximum atomic E-state index is 15.1. The van der Waals surface area contributed by atoms with Gasteiger partial charge in [0.1, 0.15) is 5.82 Å². The molecule has 4 heterocycles. The average Bonchev–Trinajstić information content (AvgIpc) is 3.13. The van der Waals surface area contributed by atoms with Crippen LogP contribution in [0.2, 0.25) is 0 Å². The molecule has 8 heteroatoms. The van der Waals surface area contributed by atoms with Crippen LogP contribution in [0.25, 0.3) is 33.1 Å². The van der Waals surface area contributed by atoms with Crippen LogP contribution in [0.15, 0.2) is 41.5 Å². The molecule has 1 saturated heterocycles. The van der Waals surface area contributed by atoms with E-state index in [9.17, 15) is 4.79 Å². The molecular weight excluding hydrogens is 444 g/mol. The van der Waals surface area contributed by atoms with Gasteiger partial charge in [-0.05, 0) is 58.3 Å². The molecule has 0 aliphatic carbocycles. The van der Waals surface area contributed by atoms with Crippen LogP contribution in [-0.4, -0.2) is 50.2 Å². The number of ether oxygens (including phenoxy) is 1. The van der Waals surface area contributed by atoms with E-state index in [1.54, 1.807) is 40.7 Å². The minimum absolute atomic E-state index is 0.0432. The second kappa shape index (κ2) is 9.77. The molecule has 3 aromatic heterocycles. The van der Waals surface area contributed by atoms with E-state index in [4.69, 9.17) is 4.74 Å². The quantitative estimate of drug-likeness (QED) is 0.354. The van der Waals surface area contributed by atoms with Crippen LogP contribution in [0.5, 0.6) is 5.88 Å². The largest absolute Gasteiger partial charge is 0.478 e. The summed E-state index contributed by atoms with van der Waals surface area (Å²) in [7, 11) is 1.73. The van der Waals surface area contributed by atoms with Gasteiger partial charge in [0.05, 0.1) is 29.4 Å². The number of hydrogen-bond donors (Lipinski definition) is 0. The first-order chi connectivity index (χ1) is 16.9. The maximum absolute atomic E-state index is 15.1. The summed E-state index contributed by atoms with van der Waals surface area (Å²) < 4.78 is 24.2. The van der Waals surface area contributed by atoms with Crippen LogP contribution in [0.1, 0.15) is 45.6 Å². The Kier molecular flexibility index (Phi) is 6.56. The molecule has 0 bridgehead atoms. The first kappa shape index (κ1) is 23.5. The number of rotatable bonds is 7. The van der Waals surface area contributed by atoms with Crippen molar-refractivity contribution < 1.29 is 9.13 Å². The maximum Gasteiger partial charge on any atom is 0.329 e. The topological polar surface area (TPSA) is 65.2 Å². The predicted molar refractivity (Wildman–Crippen MR) is 136 cm³/mol. The highest BCUT2D eigenvalue weighted by Crippen LogP contribution is 2.32. The van der Waals surface area contributed by atoms with E-state index in [1.807, 2.05) is 19.9 Å². The Morgan fingerprint density at radius 2 is 1.89 bits per heavy atom. The lowest BCUT2D eigenvalue weighted by Crippen LogP contribution is -2.31. The number of piperidine rings is 1. The third-order valence-electron chi connectivity index (χ3n) is 6.89. The van der Waals surface area contributed by atoms with Gasteiger partial charge in [0, 0.05) is 54.5 Å². The highest BCUT2D eigenvalue weighted by atomic mass is 19.1. The summed E-state index contributed by atoms with van der Waals surface area (Å²) in [5.41, 5.74) is 2.96. The van der Waals surface area contributed by atoms with Crippen molar-refractivity contribution in [2.24, 2.45) is 7.05 Å². The third-order valence-corrected chi connectivity index (χ3v) is 6.89. The summed E-state index contributed by atoms with van der Waals surface area (Å²) in [6.45, 7) is 7.95. The number of hydrogen-bond acceptors (Lipinski definition) is 5. The van der Waals surface area contributed by atoms with Crippen molar-refractivity contribution in [2.45, 2.75) is 45.6 Å². The molecule has 5 rings (SSSR count). The number of pyridine rings is 2. The fourth-order valence-electron chi connectivity index (χ4n) is 5.02. The number of nitrogens with zero attached hydrogens (tertiary/aromatic N) is 5. The zero-order valence-corrected chi connectivity index (χ0v) is 20.6. The van der Waals surface area contributed by atoms with Gasteiger partial charge in [0.2, 0.25) is 5.88 Å². The van der Waals surface area contributed by atoms with Gasteiger partial charge in [-0.2, -0.15) is 0 Å². The number of halogens is 1. The van der Waals surface area contributed by atoms with Gasteiger partial charge in [-0.1, -0.05) is 6.42 Å². The van der Waals surface area contributed by atoms with Crippen LogP contribution < -0.4 is 10.4 Å². The number of aryl methyl sites for hydroxylation is 1. The molecule has 0 N–H and O–H groups in total. The van der Waals surface area contributed by atoms with Gasteiger partial charge in [-0.15, -0.1) is 0 Å². The van der Waals surface area contributed by atoms with Crippen molar-refractivity contribution in [3.05, 3.63) is 53.0 Å². The summed E-state index contributed by atoms with van der Waals surface area (Å²) in [5, 5.41) is 0.739. The van der Waals surface area contributed by atoms with Crippen LogP contribution in [0, 0.1) is 5.82 Å². The molecule has 0 unspecified atom stereocenters. The molecule has 0 radical (unpaired) electrons. The third kappa shape index (κ3) is 4.55. The lowest BCUT2D eigenvalue weighted by Gasteiger charge is -2.26. The van der Waals surface area contributed by atoms with Crippen LogP contribution >= 0.6 is 0 Å². The molecule has 1 aromatic carbocycles. The zero-order valence-electron chi connectivity index (χ0n) is 20.6. The molecule has 4 aromatic rings. The van der Waals surface area contributed by atoms with Crippen molar-refractivity contribution in [3.63, 3.8) is 0 Å². The summed E-state index contributed by atoms with van der Waals surface area (Å²) in [6.07, 6.45) is 8.15. The molecule has 0 atom stereocenters. The minimum Gasteiger partial charge on any atom is -0.478 e. The summed E-state index contributed by atoms with van der Waals surface area (Å²) in [6, 6.07) is 6.76. The average molecular weight is 477 g/mol. The summed E-state index contributed by atoms with van der Waals surface area (Å²) in [5.74, 6) is 0.157. The first-order valence-electron chi connectivity index (χ1n) is 12.4. The Balaban J connectivity index is 1.40. The van der Waals surface area contributed by atoms with Gasteiger partial charge in [0.25, 0.3) is 0 Å². The number of likely N-dealkylation sites (tertiary alicyclic amines) is 1. The number of imidazole rings is 1. The van der Waals surface area contributed by atoms with Gasteiger partial charge >= 0.3 is 5.69 Å². The highest BCUT2D eigenvalue weighted by Gasteiger charge is 2.19. The van der Waals surface area contributed by atoms with Crippen molar-refractivity contribution in [3.8, 4) is 17.0 Å². The zero-order chi connectivity index (χ0) is 24.5. The summed E-state index contributed by atoms with van der Waals surface area (Å²) in [4.78, 5) is 24.1. The number of benzene rings is 1. The van der Waals surface area contributed by atoms with Crippen LogP contribution in [0.4, 0.5) is 4.39 Å². The van der Waals surface area contributed by atoms with Crippen LogP contribution in [0.3, 0.4) is 0 Å². The Bertz CT molecular complexity index is 1400. The van der Waals surface area contributed by atoms with E-state index in [1.165, 1.54) is 38.4 Å². The molecule has 7 nitrogen and oxygen atoms in total. The fraction of sp³-hybridized carbons (Fsp3) is 0.444. The lowest BCUT2D eigenvalue weighted by molar-refractivity contribution is 0.203. The van der Waals surface area contributed by atoms with Crippen molar-refractivity contribution in [1.29, 1.82) is 0 Å². The Labute approximate surface area is 204 Å². The molecule has 0 amide bonds. The van der Waals surface area contributed by atoms with Gasteiger partial charge in [0.15, 0.2) is 0 Å². The van der Waals surface area contributed by atoms with E-state index in [-0.39, 0.29) is 17.5 Å². The van der Waals surface area contributed by atoms with Gasteiger partial charge < -0.3 is 9.64 Å². The lowest BCUT2D eigenvalue weighted by atomic mass is 10.0. The smallest absolute Gasteiger partial charge is 0.329 e. The predicted octanol–water partition coefficient (Wildman–Crippen LogP) is 4.93. The van der Waals surface area contributed by atoms with E-state index in [2.05, 4.69) is 14.9 Å². The van der Waals surface area contributed by atoms with Crippen molar-refractivity contribution >= 4 is 21.9 Å². The fourth-order valence-corrected chi connectivity index (χ4v) is 5.02. The molecular formula is C27H32FN5O2. The highest BCUT2D eigenvalue weighted by molar-refractivity contribution is 6.04. The molecule has 1 aliphatic rings. The molecule has 0 spiro atoms. The van der Waals surface area contributed by atoms with Gasteiger partial charge in [-0.3, -0.25) is 14.1 Å². The summed E-state index contributed by atoms with van der Waals surface area (Å²) >= 11 is 0. The molecule has 35 heavy (non-hydrogen) atoms. The normalized spacial score (nSPS) is 14.9. The van der Waals surface area contributed by atoms with Crippen molar-refractivity contribution in [1.82, 2.24) is 24.0 Å². The number of fused-ring (bicyclic) bond motifs is 3. The first-order valence-corrected chi connectivity index (χ1v) is 12.4. The number of aromatic nitrogens is 4. The standard InChI is InChI=1S/C27H32FN5O2/c1-18(2)33-26-21-14-20(22(28)15-23(21)29-17-24(26)31(3)27(33)34)19-8-9-25(30-16-19)35-13-7-12-32-10-5-4-6-11-32/h8-9,14-18H,4-7,10-13H2,1-3H3/i3-1. The van der Waals surface area contributed by atoms with E-state index >= 15 is 4.39 Å². The van der Waals surface area contributed by atoms with Crippen molar-refractivity contribution in [2.75, 3.05) is 26.2 Å². The SMILES string of the molecule is CC(C)n1c(=O)n([11CH3])c2cnc3cc(F)c(-c4ccc(OCCCN5CCCCC5)nc4)cc3c21. The van der Waals surface area contributed by atoms with E-state index in [0.717, 1.165) is 29.4 Å².